The molecule has 6 nitrogen and oxygen atoms in total. The van der Waals surface area contributed by atoms with Crippen LogP contribution in [0.2, 0.25) is 0 Å². The van der Waals surface area contributed by atoms with Gasteiger partial charge in [-0.2, -0.15) is 4.37 Å². The Labute approximate surface area is 115 Å². The molecule has 3 N–H and O–H groups in total. The molecule has 2 rings (SSSR count). The van der Waals surface area contributed by atoms with Crippen LogP contribution >= 0.6 is 11.5 Å². The first-order valence-corrected chi connectivity index (χ1v) is 8.15. The van der Waals surface area contributed by atoms with Crippen LogP contribution in [-0.4, -0.2) is 24.0 Å². The van der Waals surface area contributed by atoms with Crippen molar-refractivity contribution in [2.45, 2.75) is 18.4 Å². The number of pyridine rings is 1. The minimum atomic E-state index is -3.40. The maximum absolute atomic E-state index is 11.6. The highest BCUT2D eigenvalue weighted by Gasteiger charge is 2.21. The Hall–Kier alpha value is -1.67. The van der Waals surface area contributed by atoms with Crippen molar-refractivity contribution in [2.75, 3.05) is 17.3 Å². The number of hydrogen-bond acceptors (Lipinski definition) is 7. The molecule has 0 aliphatic heterocycles. The van der Waals surface area contributed by atoms with E-state index < -0.39 is 9.84 Å². The fourth-order valence-electron chi connectivity index (χ4n) is 1.63. The quantitative estimate of drug-likeness (QED) is 0.886. The van der Waals surface area contributed by atoms with Crippen LogP contribution in [0.3, 0.4) is 0 Å². The second-order valence-electron chi connectivity index (χ2n) is 4.12. The standard InChI is InChI=1S/C11H14N4O2S2/c1-7-4-3-5-13-8(7)6-14-11-9(19(2,16)17)10(12)15-18-11/h3-5,14H,6H2,1-2H3,(H2,12,15). The minimum absolute atomic E-state index is 0.0349. The molecule has 8 heteroatoms. The number of nitrogens with one attached hydrogen (secondary N) is 1. The zero-order valence-corrected chi connectivity index (χ0v) is 12.2. The van der Waals surface area contributed by atoms with Crippen molar-refractivity contribution in [1.29, 1.82) is 0 Å². The Morgan fingerprint density at radius 3 is 2.84 bits per heavy atom. The minimum Gasteiger partial charge on any atom is -0.382 e. The number of hydrogen-bond donors (Lipinski definition) is 2. The van der Waals surface area contributed by atoms with E-state index in [1.54, 1.807) is 6.20 Å². The van der Waals surface area contributed by atoms with Crippen LogP contribution in [0, 0.1) is 6.92 Å². The van der Waals surface area contributed by atoms with Crippen LogP contribution in [-0.2, 0) is 16.4 Å². The maximum Gasteiger partial charge on any atom is 0.182 e. The average Bonchev–Trinajstić information content (AvgIpc) is 2.69. The topological polar surface area (TPSA) is 98.0 Å². The van der Waals surface area contributed by atoms with Gasteiger partial charge in [0.05, 0.1) is 12.2 Å². The summed E-state index contributed by atoms with van der Waals surface area (Å²) in [5.74, 6) is 0.0349. The van der Waals surface area contributed by atoms with Gasteiger partial charge in [-0.25, -0.2) is 8.42 Å². The van der Waals surface area contributed by atoms with Crippen molar-refractivity contribution in [3.8, 4) is 0 Å². The molecule has 0 amide bonds. The molecule has 0 saturated carbocycles. The monoisotopic (exact) mass is 298 g/mol. The highest BCUT2D eigenvalue weighted by Crippen LogP contribution is 2.31. The van der Waals surface area contributed by atoms with Gasteiger partial charge in [0.1, 0.15) is 9.90 Å². The third-order valence-electron chi connectivity index (χ3n) is 2.58. The van der Waals surface area contributed by atoms with Gasteiger partial charge in [0.15, 0.2) is 15.7 Å². The summed E-state index contributed by atoms with van der Waals surface area (Å²) in [6.07, 6.45) is 2.81. The number of anilines is 2. The summed E-state index contributed by atoms with van der Waals surface area (Å²) in [7, 11) is -3.40. The summed E-state index contributed by atoms with van der Waals surface area (Å²) in [6, 6.07) is 3.80. The molecular weight excluding hydrogens is 284 g/mol. The number of aryl methyl sites for hydroxylation is 1. The summed E-state index contributed by atoms with van der Waals surface area (Å²) in [6.45, 7) is 2.37. The first-order valence-electron chi connectivity index (χ1n) is 5.49. The van der Waals surface area contributed by atoms with E-state index in [9.17, 15) is 8.42 Å². The maximum atomic E-state index is 11.6. The van der Waals surface area contributed by atoms with E-state index in [-0.39, 0.29) is 10.7 Å². The molecule has 2 heterocycles. The zero-order chi connectivity index (χ0) is 14.0. The summed E-state index contributed by atoms with van der Waals surface area (Å²) in [5, 5.41) is 3.48. The Kier molecular flexibility index (Phi) is 3.72. The van der Waals surface area contributed by atoms with Crippen molar-refractivity contribution in [1.82, 2.24) is 9.36 Å². The molecule has 0 unspecified atom stereocenters. The molecule has 0 bridgehead atoms. The fourth-order valence-corrected chi connectivity index (χ4v) is 3.70. The predicted molar refractivity (Wildman–Crippen MR) is 75.9 cm³/mol. The number of rotatable bonds is 4. The van der Waals surface area contributed by atoms with E-state index in [1.807, 2.05) is 19.1 Å². The van der Waals surface area contributed by atoms with Crippen molar-refractivity contribution < 1.29 is 8.42 Å². The largest absolute Gasteiger partial charge is 0.382 e. The summed E-state index contributed by atoms with van der Waals surface area (Å²) < 4.78 is 27.2. The molecule has 0 aromatic carbocycles. The van der Waals surface area contributed by atoms with Crippen molar-refractivity contribution in [2.24, 2.45) is 0 Å². The van der Waals surface area contributed by atoms with E-state index in [4.69, 9.17) is 5.73 Å². The second kappa shape index (κ2) is 5.14. The van der Waals surface area contributed by atoms with Crippen LogP contribution in [0.5, 0.6) is 0 Å². The zero-order valence-electron chi connectivity index (χ0n) is 10.5. The molecule has 2 aromatic rings. The summed E-state index contributed by atoms with van der Waals surface area (Å²) in [4.78, 5) is 4.29. The number of sulfone groups is 1. The lowest BCUT2D eigenvalue weighted by Gasteiger charge is -2.07. The van der Waals surface area contributed by atoms with Gasteiger partial charge in [0.25, 0.3) is 0 Å². The van der Waals surface area contributed by atoms with Gasteiger partial charge in [-0.15, -0.1) is 0 Å². The Balaban J connectivity index is 2.24. The van der Waals surface area contributed by atoms with Gasteiger partial charge >= 0.3 is 0 Å². The molecule has 0 atom stereocenters. The molecule has 102 valence electrons. The Bertz CT molecular complexity index is 694. The third kappa shape index (κ3) is 3.02. The van der Waals surface area contributed by atoms with Gasteiger partial charge < -0.3 is 11.1 Å². The lowest BCUT2D eigenvalue weighted by atomic mass is 10.2. The highest BCUT2D eigenvalue weighted by molar-refractivity contribution is 7.91. The number of aromatic nitrogens is 2. The molecule has 19 heavy (non-hydrogen) atoms. The van der Waals surface area contributed by atoms with E-state index in [1.165, 1.54) is 0 Å². The first-order chi connectivity index (χ1) is 8.89. The lowest BCUT2D eigenvalue weighted by molar-refractivity contribution is 0.602. The van der Waals surface area contributed by atoms with Gasteiger partial charge in [-0.05, 0) is 30.1 Å². The summed E-state index contributed by atoms with van der Waals surface area (Å²) >= 11 is 1.04. The lowest BCUT2D eigenvalue weighted by Crippen LogP contribution is -2.07. The molecule has 0 spiro atoms. The van der Waals surface area contributed by atoms with Crippen molar-refractivity contribution in [3.05, 3.63) is 29.6 Å². The third-order valence-corrected chi connectivity index (χ3v) is 4.68. The molecule has 0 radical (unpaired) electrons. The van der Waals surface area contributed by atoms with Gasteiger partial charge in [0, 0.05) is 12.5 Å². The first kappa shape index (κ1) is 13.8. The van der Waals surface area contributed by atoms with Crippen molar-refractivity contribution >= 4 is 32.2 Å². The predicted octanol–water partition coefficient (Wildman–Crippen LogP) is 1.44. The van der Waals surface area contributed by atoms with E-state index >= 15 is 0 Å². The molecule has 0 fully saturated rings. The van der Waals surface area contributed by atoms with E-state index in [0.717, 1.165) is 29.0 Å². The number of nitrogen functional groups attached to an aromatic ring is 1. The Morgan fingerprint density at radius 1 is 1.47 bits per heavy atom. The fraction of sp³-hybridized carbons (Fsp3) is 0.273. The second-order valence-corrected chi connectivity index (χ2v) is 6.84. The van der Waals surface area contributed by atoms with Gasteiger partial charge in [-0.1, -0.05) is 6.07 Å². The normalized spacial score (nSPS) is 11.5. The number of nitrogens with zero attached hydrogens (tertiary/aromatic N) is 2. The van der Waals surface area contributed by atoms with E-state index in [2.05, 4.69) is 14.7 Å². The van der Waals surface area contributed by atoms with Crippen LogP contribution < -0.4 is 11.1 Å². The molecule has 0 aliphatic carbocycles. The average molecular weight is 298 g/mol. The highest BCUT2D eigenvalue weighted by atomic mass is 32.2. The van der Waals surface area contributed by atoms with Crippen molar-refractivity contribution in [3.63, 3.8) is 0 Å². The smallest absolute Gasteiger partial charge is 0.182 e. The molecular formula is C11H14N4O2S2. The summed E-state index contributed by atoms with van der Waals surface area (Å²) in [5.41, 5.74) is 7.48. The number of nitrogens with two attached hydrogens (primary N) is 1. The molecule has 0 aliphatic rings. The SMILES string of the molecule is Cc1cccnc1CNc1snc(N)c1S(C)(=O)=O. The van der Waals surface area contributed by atoms with E-state index in [0.29, 0.717) is 11.5 Å². The molecule has 0 saturated heterocycles. The van der Waals surface area contributed by atoms with Crippen LogP contribution in [0.25, 0.3) is 0 Å². The Morgan fingerprint density at radius 2 is 2.21 bits per heavy atom. The van der Waals surface area contributed by atoms with Crippen LogP contribution in [0.4, 0.5) is 10.8 Å². The van der Waals surface area contributed by atoms with Crippen LogP contribution in [0.1, 0.15) is 11.3 Å². The van der Waals surface area contributed by atoms with Gasteiger partial charge in [0.2, 0.25) is 0 Å². The van der Waals surface area contributed by atoms with Gasteiger partial charge in [-0.3, -0.25) is 4.98 Å². The van der Waals surface area contributed by atoms with Crippen LogP contribution in [0.15, 0.2) is 23.2 Å². The molecule has 2 aromatic heterocycles.